The Bertz CT molecular complexity index is 1110. The van der Waals surface area contributed by atoms with Gasteiger partial charge in [0.1, 0.15) is 28.5 Å². The summed E-state index contributed by atoms with van der Waals surface area (Å²) in [6, 6.07) is 18.9. The van der Waals surface area contributed by atoms with Crippen LogP contribution in [0.4, 0.5) is 8.78 Å². The van der Waals surface area contributed by atoms with Gasteiger partial charge in [-0.1, -0.05) is 36.4 Å². The predicted octanol–water partition coefficient (Wildman–Crippen LogP) is 5.56. The van der Waals surface area contributed by atoms with Gasteiger partial charge >= 0.3 is 5.97 Å². The van der Waals surface area contributed by atoms with E-state index in [-0.39, 0.29) is 17.6 Å². The normalized spacial score (nSPS) is 14.9. The van der Waals surface area contributed by atoms with Gasteiger partial charge in [0.2, 0.25) is 0 Å². The van der Waals surface area contributed by atoms with Gasteiger partial charge in [0.25, 0.3) is 0 Å². The van der Waals surface area contributed by atoms with E-state index in [9.17, 15) is 18.7 Å². The molecule has 1 heterocycles. The fraction of sp³-hybridized carbons (Fsp3) is 0.367. The van der Waals surface area contributed by atoms with E-state index in [4.69, 9.17) is 9.47 Å². The molecule has 0 radical (unpaired) electrons. The third kappa shape index (κ3) is 6.35. The number of benzene rings is 3. The zero-order valence-corrected chi connectivity index (χ0v) is 21.0. The molecule has 0 saturated carbocycles. The third-order valence-corrected chi connectivity index (χ3v) is 7.01. The van der Waals surface area contributed by atoms with E-state index < -0.39 is 11.6 Å². The fourth-order valence-corrected chi connectivity index (χ4v) is 5.06. The molecule has 4 rings (SSSR count). The second-order valence-corrected chi connectivity index (χ2v) is 9.31. The van der Waals surface area contributed by atoms with Crippen molar-refractivity contribution in [2.45, 2.75) is 31.8 Å². The molecule has 37 heavy (non-hydrogen) atoms. The van der Waals surface area contributed by atoms with E-state index in [1.54, 1.807) is 49.4 Å². The largest absolute Gasteiger partial charge is 0.493 e. The summed E-state index contributed by atoms with van der Waals surface area (Å²) in [7, 11) is 0. The molecular weight excluding hydrogens is 476 g/mol. The predicted molar refractivity (Wildman–Crippen MR) is 137 cm³/mol. The zero-order valence-electron chi connectivity index (χ0n) is 21.0. The Labute approximate surface area is 216 Å². The summed E-state index contributed by atoms with van der Waals surface area (Å²) in [5.74, 6) is -0.718. The molecule has 1 saturated heterocycles. The lowest BCUT2D eigenvalue weighted by atomic mass is 9.72. The van der Waals surface area contributed by atoms with E-state index in [1.807, 2.05) is 6.07 Å². The first-order valence-corrected chi connectivity index (χ1v) is 12.8. The van der Waals surface area contributed by atoms with Gasteiger partial charge in [-0.2, -0.15) is 0 Å². The molecule has 0 aliphatic carbocycles. The highest BCUT2D eigenvalue weighted by Crippen LogP contribution is 2.42. The van der Waals surface area contributed by atoms with Crippen molar-refractivity contribution in [3.63, 3.8) is 0 Å². The van der Waals surface area contributed by atoms with Gasteiger partial charge in [0, 0.05) is 6.54 Å². The Morgan fingerprint density at radius 3 is 2.08 bits per heavy atom. The highest BCUT2D eigenvalue weighted by molar-refractivity contribution is 5.92. The number of para-hydroxylation sites is 1. The summed E-state index contributed by atoms with van der Waals surface area (Å²) >= 11 is 0. The molecule has 0 unspecified atom stereocenters. The summed E-state index contributed by atoms with van der Waals surface area (Å²) < 4.78 is 38.2. The van der Waals surface area contributed by atoms with E-state index in [2.05, 4.69) is 4.90 Å². The first-order valence-electron chi connectivity index (χ1n) is 12.8. The molecule has 1 aliphatic rings. The number of piperidine rings is 1. The van der Waals surface area contributed by atoms with Gasteiger partial charge in [-0.05, 0) is 92.7 Å². The molecule has 5 nitrogen and oxygen atoms in total. The minimum absolute atomic E-state index is 0.104. The molecule has 7 heteroatoms. The van der Waals surface area contributed by atoms with Crippen molar-refractivity contribution in [3.8, 4) is 5.75 Å². The smallest absolute Gasteiger partial charge is 0.341 e. The van der Waals surface area contributed by atoms with Crippen LogP contribution < -0.4 is 4.74 Å². The van der Waals surface area contributed by atoms with Crippen LogP contribution in [0.3, 0.4) is 0 Å². The fourth-order valence-electron chi connectivity index (χ4n) is 5.06. The minimum atomic E-state index is -1.34. The van der Waals surface area contributed by atoms with E-state index in [0.717, 1.165) is 38.9 Å². The molecule has 0 atom stereocenters. The highest BCUT2D eigenvalue weighted by Gasteiger charge is 2.41. The minimum Gasteiger partial charge on any atom is -0.493 e. The van der Waals surface area contributed by atoms with Crippen molar-refractivity contribution in [2.24, 2.45) is 5.92 Å². The maximum atomic E-state index is 13.6. The van der Waals surface area contributed by atoms with E-state index >= 15 is 0 Å². The second-order valence-electron chi connectivity index (χ2n) is 9.31. The quantitative estimate of drug-likeness (QED) is 0.287. The van der Waals surface area contributed by atoms with Crippen LogP contribution in [0.2, 0.25) is 0 Å². The standard InChI is InChI=1S/C30H33F2NO4/c1-2-36-29(34)27-6-3-4-7-28(27)37-21-5-18-33-19-16-24(17-20-33)30(35,22-8-12-25(31)13-9-22)23-10-14-26(32)15-11-23/h3-4,6-15,24,35H,2,5,16-21H2,1H3. The second kappa shape index (κ2) is 12.3. The SMILES string of the molecule is CCOC(=O)c1ccccc1OCCCN1CCC(C(O)(c2ccc(F)cc2)c2ccc(F)cc2)CC1. The molecule has 3 aromatic carbocycles. The number of hydrogen-bond acceptors (Lipinski definition) is 5. The molecule has 0 aromatic heterocycles. The molecule has 0 spiro atoms. The molecule has 1 aliphatic heterocycles. The summed E-state index contributed by atoms with van der Waals surface area (Å²) in [6.07, 6.45) is 2.25. The van der Waals surface area contributed by atoms with Gasteiger partial charge in [0.15, 0.2) is 0 Å². The number of esters is 1. The Morgan fingerprint density at radius 2 is 1.51 bits per heavy atom. The molecule has 3 aromatic rings. The van der Waals surface area contributed by atoms with Gasteiger partial charge in [-0.25, -0.2) is 13.6 Å². The number of likely N-dealkylation sites (tertiary alicyclic amines) is 1. The average molecular weight is 510 g/mol. The monoisotopic (exact) mass is 509 g/mol. The van der Waals surface area contributed by atoms with Crippen LogP contribution in [-0.4, -0.2) is 48.8 Å². The van der Waals surface area contributed by atoms with Gasteiger partial charge in [0.05, 0.1) is 13.2 Å². The van der Waals surface area contributed by atoms with Crippen LogP contribution in [0.25, 0.3) is 0 Å². The van der Waals surface area contributed by atoms with Crippen LogP contribution in [-0.2, 0) is 10.3 Å². The summed E-state index contributed by atoms with van der Waals surface area (Å²) in [6.45, 7) is 4.93. The van der Waals surface area contributed by atoms with Crippen LogP contribution in [0, 0.1) is 17.6 Å². The lowest BCUT2D eigenvalue weighted by Crippen LogP contribution is -2.44. The summed E-state index contributed by atoms with van der Waals surface area (Å²) in [5.41, 5.74) is 0.291. The third-order valence-electron chi connectivity index (χ3n) is 7.01. The van der Waals surface area contributed by atoms with Crippen LogP contribution in [0.5, 0.6) is 5.75 Å². The Balaban J connectivity index is 1.35. The number of aliphatic hydroxyl groups is 1. The molecule has 0 bridgehead atoms. The van der Waals surface area contributed by atoms with Gasteiger partial charge < -0.3 is 19.5 Å². The lowest BCUT2D eigenvalue weighted by molar-refractivity contribution is -0.0147. The highest BCUT2D eigenvalue weighted by atomic mass is 19.1. The Kier molecular flexibility index (Phi) is 8.90. The van der Waals surface area contributed by atoms with Crippen molar-refractivity contribution >= 4 is 5.97 Å². The summed E-state index contributed by atoms with van der Waals surface area (Å²) in [4.78, 5) is 14.5. The van der Waals surface area contributed by atoms with Gasteiger partial charge in [-0.3, -0.25) is 0 Å². The van der Waals surface area contributed by atoms with Crippen molar-refractivity contribution in [2.75, 3.05) is 32.8 Å². The number of carbonyl (C=O) groups excluding carboxylic acids is 1. The number of carbonyl (C=O) groups is 1. The van der Waals surface area contributed by atoms with Crippen LogP contribution >= 0.6 is 0 Å². The molecule has 196 valence electrons. The molecule has 1 fully saturated rings. The Hall–Kier alpha value is -3.29. The maximum Gasteiger partial charge on any atom is 0.341 e. The number of hydrogen-bond donors (Lipinski definition) is 1. The average Bonchev–Trinajstić information content (AvgIpc) is 2.92. The van der Waals surface area contributed by atoms with Gasteiger partial charge in [-0.15, -0.1) is 0 Å². The van der Waals surface area contributed by atoms with Crippen molar-refractivity contribution in [1.82, 2.24) is 4.90 Å². The molecule has 0 amide bonds. The maximum absolute atomic E-state index is 13.6. The van der Waals surface area contributed by atoms with Crippen molar-refractivity contribution in [3.05, 3.63) is 101 Å². The number of halogens is 2. The molecule has 1 N–H and O–H groups in total. The topological polar surface area (TPSA) is 59.0 Å². The zero-order chi connectivity index (χ0) is 26.3. The lowest BCUT2D eigenvalue weighted by Gasteiger charge is -2.42. The number of rotatable bonds is 10. The first kappa shape index (κ1) is 26.8. The summed E-state index contributed by atoms with van der Waals surface area (Å²) in [5, 5.41) is 12.0. The van der Waals surface area contributed by atoms with Crippen LogP contribution in [0.1, 0.15) is 47.7 Å². The number of ether oxygens (including phenoxy) is 2. The molecular formula is C30H33F2NO4. The van der Waals surface area contributed by atoms with E-state index in [1.165, 1.54) is 24.3 Å². The first-order chi connectivity index (χ1) is 17.9. The van der Waals surface area contributed by atoms with Crippen LogP contribution in [0.15, 0.2) is 72.8 Å². The van der Waals surface area contributed by atoms with E-state index in [0.29, 0.717) is 35.7 Å². The van der Waals surface area contributed by atoms with Crippen molar-refractivity contribution in [1.29, 1.82) is 0 Å². The Morgan fingerprint density at radius 1 is 0.946 bits per heavy atom. The van der Waals surface area contributed by atoms with Crippen molar-refractivity contribution < 1.29 is 28.2 Å². The number of nitrogens with zero attached hydrogens (tertiary/aromatic N) is 1.